The van der Waals surface area contributed by atoms with Gasteiger partial charge >= 0.3 is 0 Å². The van der Waals surface area contributed by atoms with Crippen molar-refractivity contribution in [3.05, 3.63) is 65.2 Å². The first-order chi connectivity index (χ1) is 12.4. The lowest BCUT2D eigenvalue weighted by Gasteiger charge is -2.13. The van der Waals surface area contributed by atoms with Gasteiger partial charge in [-0.05, 0) is 12.0 Å². The largest absolute Gasteiger partial charge is 0.480 e. The third kappa shape index (κ3) is 5.29. The second kappa shape index (κ2) is 9.33. The van der Waals surface area contributed by atoms with Crippen LogP contribution in [-0.4, -0.2) is 19.0 Å². The number of carbonyl (C=O) groups excluding carboxylic acids is 1. The maximum atomic E-state index is 13.5. The quantitative estimate of drug-likeness (QED) is 0.372. The third-order valence-electron chi connectivity index (χ3n) is 3.79. The Kier molecular flexibility index (Phi) is 7.15. The molecule has 2 rings (SSSR count). The second-order valence-corrected chi connectivity index (χ2v) is 5.78. The summed E-state index contributed by atoms with van der Waals surface area (Å²) in [4.78, 5) is 12.0. The van der Waals surface area contributed by atoms with Crippen LogP contribution in [0.1, 0.15) is 18.9 Å². The highest BCUT2D eigenvalue weighted by Crippen LogP contribution is 2.26. The van der Waals surface area contributed by atoms with Crippen molar-refractivity contribution in [1.29, 1.82) is 0 Å². The summed E-state index contributed by atoms with van der Waals surface area (Å²) in [6.45, 7) is 1.61. The van der Waals surface area contributed by atoms with Crippen LogP contribution in [0.25, 0.3) is 0 Å². The molecule has 0 aliphatic rings. The molecule has 0 spiro atoms. The predicted octanol–water partition coefficient (Wildman–Crippen LogP) is 4.43. The van der Waals surface area contributed by atoms with Crippen LogP contribution in [0.2, 0.25) is 0 Å². The number of Topliss-reactive ketones (excluding diaryl/α,β-unsaturated/α-hetero) is 1. The van der Waals surface area contributed by atoms with Gasteiger partial charge < -0.3 is 9.47 Å². The van der Waals surface area contributed by atoms with Gasteiger partial charge in [0.2, 0.25) is 11.6 Å². The van der Waals surface area contributed by atoms with Gasteiger partial charge in [-0.25, -0.2) is 8.78 Å². The van der Waals surface area contributed by atoms with Crippen LogP contribution < -0.4 is 4.74 Å². The van der Waals surface area contributed by atoms with Crippen LogP contribution in [-0.2, 0) is 16.1 Å². The number of ether oxygens (including phenoxy) is 2. The average Bonchev–Trinajstić information content (AvgIpc) is 2.64. The molecule has 0 amide bonds. The molecule has 0 heterocycles. The lowest BCUT2D eigenvalue weighted by molar-refractivity contribution is -0.125. The van der Waals surface area contributed by atoms with E-state index in [-0.39, 0.29) is 6.07 Å². The molecule has 1 atom stereocenters. The SMILES string of the molecule is C[C@@H](CCOCc1ccccc1)C(=O)COc1c(F)c(F)cc(F)c1F. The van der Waals surface area contributed by atoms with Gasteiger partial charge in [0, 0.05) is 18.6 Å². The molecule has 3 nitrogen and oxygen atoms in total. The summed E-state index contributed by atoms with van der Waals surface area (Å²) in [5.74, 6) is -8.72. The molecule has 0 radical (unpaired) electrons. The molecule has 2 aromatic carbocycles. The predicted molar refractivity (Wildman–Crippen MR) is 86.7 cm³/mol. The average molecular weight is 370 g/mol. The molecule has 0 saturated carbocycles. The summed E-state index contributed by atoms with van der Waals surface area (Å²) >= 11 is 0. The molecule has 2 aromatic rings. The summed E-state index contributed by atoms with van der Waals surface area (Å²) in [5.41, 5.74) is 0.994. The Morgan fingerprint density at radius 1 is 1.04 bits per heavy atom. The molecule has 0 unspecified atom stereocenters. The summed E-state index contributed by atoms with van der Waals surface area (Å²) in [6.07, 6.45) is 0.373. The van der Waals surface area contributed by atoms with Crippen molar-refractivity contribution in [2.75, 3.05) is 13.2 Å². The normalized spacial score (nSPS) is 12.0. The molecule has 0 saturated heterocycles. The van der Waals surface area contributed by atoms with Crippen molar-refractivity contribution < 1.29 is 31.8 Å². The molecule has 0 aliphatic heterocycles. The first-order valence-electron chi connectivity index (χ1n) is 8.00. The maximum Gasteiger partial charge on any atom is 0.203 e. The van der Waals surface area contributed by atoms with Crippen molar-refractivity contribution in [3.8, 4) is 5.75 Å². The maximum absolute atomic E-state index is 13.5. The van der Waals surface area contributed by atoms with Crippen LogP contribution in [0.3, 0.4) is 0 Å². The van der Waals surface area contributed by atoms with E-state index in [1.807, 2.05) is 30.3 Å². The topological polar surface area (TPSA) is 35.5 Å². The minimum atomic E-state index is -1.67. The van der Waals surface area contributed by atoms with Crippen LogP contribution in [0.4, 0.5) is 17.6 Å². The van der Waals surface area contributed by atoms with Crippen molar-refractivity contribution >= 4 is 5.78 Å². The monoisotopic (exact) mass is 370 g/mol. The molecule has 26 heavy (non-hydrogen) atoms. The molecular weight excluding hydrogens is 352 g/mol. The summed E-state index contributed by atoms with van der Waals surface area (Å²) in [5, 5.41) is 0. The van der Waals surface area contributed by atoms with E-state index in [9.17, 15) is 22.4 Å². The fourth-order valence-electron chi connectivity index (χ4n) is 2.15. The van der Waals surface area contributed by atoms with Gasteiger partial charge in [-0.3, -0.25) is 4.79 Å². The number of halogens is 4. The Bertz CT molecular complexity index is 724. The molecule has 0 N–H and O–H groups in total. The Balaban J connectivity index is 1.79. The minimum absolute atomic E-state index is 0.0754. The fourth-order valence-corrected chi connectivity index (χ4v) is 2.15. The van der Waals surface area contributed by atoms with Gasteiger partial charge in [-0.15, -0.1) is 0 Å². The van der Waals surface area contributed by atoms with E-state index in [0.717, 1.165) is 5.56 Å². The summed E-state index contributed by atoms with van der Waals surface area (Å²) in [7, 11) is 0. The van der Waals surface area contributed by atoms with E-state index in [1.165, 1.54) is 0 Å². The van der Waals surface area contributed by atoms with E-state index >= 15 is 0 Å². The minimum Gasteiger partial charge on any atom is -0.480 e. The Morgan fingerprint density at radius 2 is 1.65 bits per heavy atom. The number of benzene rings is 2. The first kappa shape index (κ1) is 19.9. The fraction of sp³-hybridized carbons (Fsp3) is 0.316. The standard InChI is InChI=1S/C19H18F4O3/c1-12(7-8-25-10-13-5-3-2-4-6-13)16(24)11-26-19-17(22)14(20)9-15(21)18(19)23/h2-6,9,12H,7-8,10-11H2,1H3/t12-/m0/s1. The number of rotatable bonds is 9. The van der Waals surface area contributed by atoms with Crippen molar-refractivity contribution in [2.24, 2.45) is 5.92 Å². The lowest BCUT2D eigenvalue weighted by Crippen LogP contribution is -2.21. The highest BCUT2D eigenvalue weighted by Gasteiger charge is 2.22. The van der Waals surface area contributed by atoms with Gasteiger partial charge in [0.1, 0.15) is 6.61 Å². The molecule has 0 bridgehead atoms. The molecular formula is C19H18F4O3. The van der Waals surface area contributed by atoms with Crippen LogP contribution in [0.15, 0.2) is 36.4 Å². The van der Waals surface area contributed by atoms with Gasteiger partial charge in [-0.2, -0.15) is 8.78 Å². The van der Waals surface area contributed by atoms with Crippen LogP contribution >= 0.6 is 0 Å². The molecule has 0 fully saturated rings. The van der Waals surface area contributed by atoms with Crippen LogP contribution in [0, 0.1) is 29.2 Å². The van der Waals surface area contributed by atoms with E-state index in [2.05, 4.69) is 4.74 Å². The molecule has 0 aromatic heterocycles. The number of carbonyl (C=O) groups is 1. The van der Waals surface area contributed by atoms with Crippen molar-refractivity contribution in [3.63, 3.8) is 0 Å². The van der Waals surface area contributed by atoms with Crippen molar-refractivity contribution in [1.82, 2.24) is 0 Å². The molecule has 0 aliphatic carbocycles. The van der Waals surface area contributed by atoms with Crippen molar-refractivity contribution in [2.45, 2.75) is 20.0 Å². The van der Waals surface area contributed by atoms with Gasteiger partial charge in [0.25, 0.3) is 0 Å². The molecule has 140 valence electrons. The van der Waals surface area contributed by atoms with E-state index in [1.54, 1.807) is 6.92 Å². The zero-order chi connectivity index (χ0) is 19.1. The zero-order valence-corrected chi connectivity index (χ0v) is 14.1. The second-order valence-electron chi connectivity index (χ2n) is 5.78. The Morgan fingerprint density at radius 3 is 2.27 bits per heavy atom. The molecule has 7 heteroatoms. The van der Waals surface area contributed by atoms with E-state index in [4.69, 9.17) is 4.74 Å². The Labute approximate surface area is 148 Å². The van der Waals surface area contributed by atoms with E-state index in [0.29, 0.717) is 19.6 Å². The number of ketones is 1. The van der Waals surface area contributed by atoms with Gasteiger partial charge in [-0.1, -0.05) is 37.3 Å². The van der Waals surface area contributed by atoms with E-state index < -0.39 is 47.3 Å². The summed E-state index contributed by atoms with van der Waals surface area (Å²) in [6, 6.07) is 9.55. The smallest absolute Gasteiger partial charge is 0.203 e. The van der Waals surface area contributed by atoms with Gasteiger partial charge in [0.15, 0.2) is 23.2 Å². The van der Waals surface area contributed by atoms with Gasteiger partial charge in [0.05, 0.1) is 6.61 Å². The highest BCUT2D eigenvalue weighted by atomic mass is 19.2. The third-order valence-corrected chi connectivity index (χ3v) is 3.79. The lowest BCUT2D eigenvalue weighted by atomic mass is 10.0. The number of hydrogen-bond acceptors (Lipinski definition) is 3. The first-order valence-corrected chi connectivity index (χ1v) is 8.00. The number of hydrogen-bond donors (Lipinski definition) is 0. The highest BCUT2D eigenvalue weighted by molar-refractivity contribution is 5.82. The van der Waals surface area contributed by atoms with Crippen LogP contribution in [0.5, 0.6) is 5.75 Å². The zero-order valence-electron chi connectivity index (χ0n) is 14.1. The summed E-state index contributed by atoms with van der Waals surface area (Å²) < 4.78 is 63.2. The Hall–Kier alpha value is -2.41.